The van der Waals surface area contributed by atoms with Crippen LogP contribution in [0.5, 0.6) is 0 Å². The van der Waals surface area contributed by atoms with E-state index in [2.05, 4.69) is 26.0 Å². The molecule has 0 saturated carbocycles. The summed E-state index contributed by atoms with van der Waals surface area (Å²) in [6.07, 6.45) is 4.07. The molecule has 0 aliphatic heterocycles. The quantitative estimate of drug-likeness (QED) is 0.674. The van der Waals surface area contributed by atoms with Gasteiger partial charge in [0, 0.05) is 18.4 Å². The number of nitrogens with one attached hydrogen (secondary N) is 1. The molecule has 0 unspecified atom stereocenters. The summed E-state index contributed by atoms with van der Waals surface area (Å²) in [4.78, 5) is 21.4. The van der Waals surface area contributed by atoms with Gasteiger partial charge in [-0.1, -0.05) is 0 Å². The minimum Gasteiger partial charge on any atom is -0.354 e. The van der Waals surface area contributed by atoms with Gasteiger partial charge in [0.25, 0.3) is 0 Å². The molecule has 0 bridgehead atoms. The number of carbonyl (C=O) groups is 1. The number of hydrogen-bond acceptors (Lipinski definition) is 5. The third-order valence-corrected chi connectivity index (χ3v) is 0.873. The van der Waals surface area contributed by atoms with E-state index >= 15 is 0 Å². The molecule has 0 aliphatic rings. The van der Waals surface area contributed by atoms with Crippen LogP contribution >= 0.6 is 0 Å². The normalized spacial score (nSPS) is 8.79. The third-order valence-electron chi connectivity index (χ3n) is 0.873. The van der Waals surface area contributed by atoms with E-state index in [1.165, 1.54) is 6.33 Å². The Morgan fingerprint density at radius 3 is 2.14 bits per heavy atom. The van der Waals surface area contributed by atoms with Crippen LogP contribution in [0.25, 0.3) is 0 Å². The fourth-order valence-corrected chi connectivity index (χ4v) is 0.429. The van der Waals surface area contributed by atoms with Gasteiger partial charge in [-0.05, 0) is 19.9 Å². The summed E-state index contributed by atoms with van der Waals surface area (Å²) in [7, 11) is 0. The number of nitrogens with zero attached hydrogens (tertiary/aromatic N) is 2. The van der Waals surface area contributed by atoms with Crippen molar-refractivity contribution >= 4 is 6.09 Å². The van der Waals surface area contributed by atoms with Crippen LogP contribution < -0.4 is 11.2 Å². The molecule has 0 atom stereocenters. The largest absolute Gasteiger partial charge is 0.423 e. The van der Waals surface area contributed by atoms with Gasteiger partial charge >= 0.3 is 6.09 Å². The zero-order valence-corrected chi connectivity index (χ0v) is 8.18. The number of hydrogen-bond donors (Lipinski definition) is 2. The van der Waals surface area contributed by atoms with E-state index in [0.717, 1.165) is 0 Å². The van der Waals surface area contributed by atoms with Crippen LogP contribution in [-0.4, -0.2) is 22.1 Å². The van der Waals surface area contributed by atoms with E-state index in [1.54, 1.807) is 18.5 Å². The molecule has 6 heteroatoms. The van der Waals surface area contributed by atoms with E-state index < -0.39 is 6.09 Å². The number of carbonyl (C=O) groups excluding carboxylic acids is 1. The first-order chi connectivity index (χ1) is 6.63. The monoisotopic (exact) mass is 198 g/mol. The average Bonchev–Trinajstić information content (AvgIpc) is 2.18. The Bertz CT molecular complexity index is 214. The van der Waals surface area contributed by atoms with Crippen LogP contribution in [0.3, 0.4) is 0 Å². The van der Waals surface area contributed by atoms with Crippen molar-refractivity contribution in [2.75, 3.05) is 0 Å². The van der Waals surface area contributed by atoms with E-state index in [0.29, 0.717) is 0 Å². The predicted octanol–water partition coefficient (Wildman–Crippen LogP) is 0.471. The van der Waals surface area contributed by atoms with Gasteiger partial charge in [-0.25, -0.2) is 14.8 Å². The van der Waals surface area contributed by atoms with E-state index in [1.807, 2.05) is 13.8 Å². The highest BCUT2D eigenvalue weighted by molar-refractivity contribution is 5.64. The number of primary amides is 1. The molecule has 0 aromatic carbocycles. The van der Waals surface area contributed by atoms with Crippen molar-refractivity contribution in [3.8, 4) is 0 Å². The molecule has 78 valence electrons. The molecule has 0 fully saturated rings. The van der Waals surface area contributed by atoms with Crippen molar-refractivity contribution in [3.05, 3.63) is 24.8 Å². The van der Waals surface area contributed by atoms with Crippen molar-refractivity contribution in [1.29, 1.82) is 0 Å². The molecule has 14 heavy (non-hydrogen) atoms. The van der Waals surface area contributed by atoms with Crippen LogP contribution in [0, 0.1) is 0 Å². The van der Waals surface area contributed by atoms with Crippen molar-refractivity contribution in [1.82, 2.24) is 15.4 Å². The van der Waals surface area contributed by atoms with E-state index in [4.69, 9.17) is 0 Å². The fraction of sp³-hybridized carbons (Fsp3) is 0.375. The minimum absolute atomic E-state index is 0.113. The topological polar surface area (TPSA) is 90.1 Å². The fourth-order valence-electron chi connectivity index (χ4n) is 0.429. The maximum atomic E-state index is 9.84. The van der Waals surface area contributed by atoms with Crippen LogP contribution in [0.2, 0.25) is 0 Å². The highest BCUT2D eigenvalue weighted by atomic mass is 16.7. The average molecular weight is 198 g/mol. The summed E-state index contributed by atoms with van der Waals surface area (Å²) in [5.74, 6) is 0. The smallest absolute Gasteiger partial charge is 0.354 e. The maximum Gasteiger partial charge on any atom is 0.423 e. The Labute approximate surface area is 82.5 Å². The number of amides is 1. The lowest BCUT2D eigenvalue weighted by Crippen LogP contribution is -2.29. The van der Waals surface area contributed by atoms with E-state index in [9.17, 15) is 4.79 Å². The van der Waals surface area contributed by atoms with Crippen molar-refractivity contribution in [2.45, 2.75) is 19.9 Å². The van der Waals surface area contributed by atoms with Crippen molar-refractivity contribution < 1.29 is 9.63 Å². The first kappa shape index (κ1) is 12.3. The zero-order chi connectivity index (χ0) is 10.8. The molecule has 6 nitrogen and oxygen atoms in total. The molecular formula is C8H14N4O2. The SMILES string of the molecule is CC(C)NOC(N)=O.c1cncnc1. The van der Waals surface area contributed by atoms with Gasteiger partial charge in [0.1, 0.15) is 6.33 Å². The van der Waals surface area contributed by atoms with Gasteiger partial charge in [-0.15, -0.1) is 5.48 Å². The van der Waals surface area contributed by atoms with Crippen LogP contribution in [0.15, 0.2) is 24.8 Å². The summed E-state index contributed by atoms with van der Waals surface area (Å²) in [6, 6.07) is 1.89. The Morgan fingerprint density at radius 1 is 1.43 bits per heavy atom. The summed E-state index contributed by atoms with van der Waals surface area (Å²) >= 11 is 0. The molecule has 0 spiro atoms. The molecule has 0 aliphatic carbocycles. The highest BCUT2D eigenvalue weighted by Crippen LogP contribution is 1.74. The standard InChI is InChI=1S/C4H10N2O2.C4H4N2/c1-3(2)6-8-4(5)7;1-2-5-4-6-3-1/h3,6H,1-2H3,(H2,5,7);1-4H. The van der Waals surface area contributed by atoms with E-state index in [-0.39, 0.29) is 6.04 Å². The number of aromatic nitrogens is 2. The van der Waals surface area contributed by atoms with Crippen LogP contribution in [0.1, 0.15) is 13.8 Å². The number of rotatable bonds is 2. The molecular weight excluding hydrogens is 184 g/mol. The molecule has 1 aromatic heterocycles. The second-order valence-corrected chi connectivity index (χ2v) is 2.60. The van der Waals surface area contributed by atoms with Gasteiger partial charge in [0.15, 0.2) is 0 Å². The Kier molecular flexibility index (Phi) is 6.98. The summed E-state index contributed by atoms with van der Waals surface area (Å²) < 4.78 is 0. The Balaban J connectivity index is 0.000000249. The summed E-state index contributed by atoms with van der Waals surface area (Å²) in [6.45, 7) is 3.67. The van der Waals surface area contributed by atoms with Gasteiger partial charge < -0.3 is 10.6 Å². The van der Waals surface area contributed by atoms with Crippen LogP contribution in [-0.2, 0) is 4.84 Å². The second kappa shape index (κ2) is 7.93. The molecule has 0 saturated heterocycles. The minimum atomic E-state index is -0.807. The first-order valence-electron chi connectivity index (χ1n) is 4.04. The number of nitrogens with two attached hydrogens (primary N) is 1. The van der Waals surface area contributed by atoms with Gasteiger partial charge in [-0.2, -0.15) is 0 Å². The van der Waals surface area contributed by atoms with Crippen LogP contribution in [0.4, 0.5) is 4.79 Å². The molecule has 1 amide bonds. The molecule has 0 radical (unpaired) electrons. The maximum absolute atomic E-state index is 9.84. The highest BCUT2D eigenvalue weighted by Gasteiger charge is 1.93. The molecule has 1 heterocycles. The van der Waals surface area contributed by atoms with Gasteiger partial charge in [0.2, 0.25) is 0 Å². The first-order valence-corrected chi connectivity index (χ1v) is 4.04. The van der Waals surface area contributed by atoms with Crippen molar-refractivity contribution in [3.63, 3.8) is 0 Å². The Morgan fingerprint density at radius 2 is 2.00 bits per heavy atom. The molecule has 1 aromatic rings. The Hall–Kier alpha value is -1.69. The third kappa shape index (κ3) is 10.3. The lowest BCUT2D eigenvalue weighted by molar-refractivity contribution is 0.0838. The lowest BCUT2D eigenvalue weighted by atomic mass is 10.4. The zero-order valence-electron chi connectivity index (χ0n) is 8.18. The van der Waals surface area contributed by atoms with Crippen molar-refractivity contribution in [2.24, 2.45) is 5.73 Å². The van der Waals surface area contributed by atoms with Gasteiger partial charge in [-0.3, -0.25) is 0 Å². The molecule has 3 N–H and O–H groups in total. The molecule has 1 rings (SSSR count). The second-order valence-electron chi connectivity index (χ2n) is 2.60. The van der Waals surface area contributed by atoms with Gasteiger partial charge in [0.05, 0.1) is 0 Å². The summed E-state index contributed by atoms with van der Waals surface area (Å²) in [5.41, 5.74) is 6.99. The number of hydroxylamine groups is 1. The lowest BCUT2D eigenvalue weighted by Gasteiger charge is -2.03. The predicted molar refractivity (Wildman–Crippen MR) is 51.0 cm³/mol. The summed E-state index contributed by atoms with van der Waals surface area (Å²) in [5, 5.41) is 0.